The first-order valence-corrected chi connectivity index (χ1v) is 6.22. The van der Waals surface area contributed by atoms with E-state index in [1.165, 1.54) is 23.5 Å². The molecule has 0 bridgehead atoms. The minimum absolute atomic E-state index is 0.0656. The van der Waals surface area contributed by atoms with Crippen LogP contribution in [0.3, 0.4) is 0 Å². The van der Waals surface area contributed by atoms with E-state index in [1.807, 2.05) is 19.9 Å². The number of nitrogens with one attached hydrogen (secondary N) is 1. The number of hydrogen-bond acceptors (Lipinski definition) is 3. The molecule has 0 aliphatic heterocycles. The zero-order valence-corrected chi connectivity index (χ0v) is 10.9. The number of amides is 1. The van der Waals surface area contributed by atoms with Crippen molar-refractivity contribution in [1.29, 1.82) is 0 Å². The Morgan fingerprint density at radius 1 is 1.33 bits per heavy atom. The first-order chi connectivity index (χ1) is 8.47. The smallest absolute Gasteiger partial charge is 0.265 e. The molecule has 3 nitrogen and oxygen atoms in total. The zero-order chi connectivity index (χ0) is 13.3. The van der Waals surface area contributed by atoms with Gasteiger partial charge in [0.2, 0.25) is 0 Å². The summed E-state index contributed by atoms with van der Waals surface area (Å²) in [6, 6.07) is 6.03. The maximum Gasteiger partial charge on any atom is 0.265 e. The molecule has 1 aromatic carbocycles. The highest BCUT2D eigenvalue weighted by molar-refractivity contribution is 7.14. The molecule has 0 aliphatic carbocycles. The number of halogens is 1. The first-order valence-electron chi connectivity index (χ1n) is 5.41. The quantitative estimate of drug-likeness (QED) is 0.817. The SMILES string of the molecule is Cc1cc(C(=O)Nc2ccc(N)c(F)c2)sc1C. The molecule has 3 N–H and O–H groups in total. The summed E-state index contributed by atoms with van der Waals surface area (Å²) in [5.41, 5.74) is 6.91. The van der Waals surface area contributed by atoms with E-state index < -0.39 is 5.82 Å². The highest BCUT2D eigenvalue weighted by atomic mass is 32.1. The van der Waals surface area contributed by atoms with Gasteiger partial charge in [-0.15, -0.1) is 11.3 Å². The Bertz CT molecular complexity index is 588. The van der Waals surface area contributed by atoms with Crippen LogP contribution in [0.5, 0.6) is 0 Å². The Hall–Kier alpha value is -1.88. The van der Waals surface area contributed by atoms with Gasteiger partial charge in [0.25, 0.3) is 5.91 Å². The summed E-state index contributed by atoms with van der Waals surface area (Å²) < 4.78 is 13.2. The van der Waals surface area contributed by atoms with Crippen molar-refractivity contribution in [3.63, 3.8) is 0 Å². The summed E-state index contributed by atoms with van der Waals surface area (Å²) in [7, 11) is 0. The molecule has 2 rings (SSSR count). The van der Waals surface area contributed by atoms with Crippen molar-refractivity contribution in [3.05, 3.63) is 45.4 Å². The van der Waals surface area contributed by atoms with Crippen molar-refractivity contribution in [2.45, 2.75) is 13.8 Å². The topological polar surface area (TPSA) is 55.1 Å². The molecule has 0 unspecified atom stereocenters. The summed E-state index contributed by atoms with van der Waals surface area (Å²) in [5.74, 6) is -0.772. The molecule has 18 heavy (non-hydrogen) atoms. The van der Waals surface area contributed by atoms with E-state index in [4.69, 9.17) is 5.73 Å². The number of benzene rings is 1. The largest absolute Gasteiger partial charge is 0.396 e. The molecule has 0 fully saturated rings. The molecule has 0 atom stereocenters. The molecular formula is C13H13FN2OS. The second-order valence-corrected chi connectivity index (χ2v) is 5.30. The van der Waals surface area contributed by atoms with Crippen LogP contribution in [0.2, 0.25) is 0 Å². The summed E-state index contributed by atoms with van der Waals surface area (Å²) in [5, 5.41) is 2.64. The fourth-order valence-electron chi connectivity index (χ4n) is 1.48. The Labute approximate surface area is 108 Å². The fraction of sp³-hybridized carbons (Fsp3) is 0.154. The molecule has 1 heterocycles. The van der Waals surface area contributed by atoms with E-state index >= 15 is 0 Å². The molecule has 5 heteroatoms. The third-order valence-electron chi connectivity index (χ3n) is 2.65. The molecule has 1 aromatic heterocycles. The summed E-state index contributed by atoms with van der Waals surface area (Å²) >= 11 is 1.42. The van der Waals surface area contributed by atoms with Gasteiger partial charge in [-0.1, -0.05) is 0 Å². The normalized spacial score (nSPS) is 10.4. The molecule has 0 saturated carbocycles. The maximum absolute atomic E-state index is 13.2. The van der Waals surface area contributed by atoms with Crippen molar-refractivity contribution in [2.24, 2.45) is 0 Å². The predicted octanol–water partition coefficient (Wildman–Crippen LogP) is 3.34. The number of hydrogen-bond donors (Lipinski definition) is 2. The monoisotopic (exact) mass is 264 g/mol. The average molecular weight is 264 g/mol. The van der Waals surface area contributed by atoms with Crippen LogP contribution in [0.1, 0.15) is 20.1 Å². The third kappa shape index (κ3) is 2.51. The van der Waals surface area contributed by atoms with Crippen molar-refractivity contribution in [3.8, 4) is 0 Å². The molecule has 1 amide bonds. The highest BCUT2D eigenvalue weighted by Gasteiger charge is 2.11. The second-order valence-electron chi connectivity index (χ2n) is 4.04. The summed E-state index contributed by atoms with van der Waals surface area (Å²) in [6.45, 7) is 3.91. The van der Waals surface area contributed by atoms with Gasteiger partial charge in [-0.2, -0.15) is 0 Å². The van der Waals surface area contributed by atoms with E-state index in [0.29, 0.717) is 10.6 Å². The fourth-order valence-corrected chi connectivity index (χ4v) is 2.41. The number of nitrogens with two attached hydrogens (primary N) is 1. The summed E-state index contributed by atoms with van der Waals surface area (Å²) in [6.07, 6.45) is 0. The number of aryl methyl sites for hydroxylation is 2. The lowest BCUT2D eigenvalue weighted by atomic mass is 10.2. The Kier molecular flexibility index (Phi) is 3.34. The summed E-state index contributed by atoms with van der Waals surface area (Å²) in [4.78, 5) is 13.6. The van der Waals surface area contributed by atoms with Crippen LogP contribution in [-0.4, -0.2) is 5.91 Å². The van der Waals surface area contributed by atoms with Gasteiger partial charge in [-0.05, 0) is 43.7 Å². The number of rotatable bonds is 2. The van der Waals surface area contributed by atoms with Crippen LogP contribution in [-0.2, 0) is 0 Å². The van der Waals surface area contributed by atoms with Crippen LogP contribution in [0.15, 0.2) is 24.3 Å². The molecule has 0 aliphatic rings. The Balaban J connectivity index is 2.18. The van der Waals surface area contributed by atoms with Gasteiger partial charge in [-0.25, -0.2) is 4.39 Å². The second kappa shape index (κ2) is 4.78. The van der Waals surface area contributed by atoms with Gasteiger partial charge in [0.15, 0.2) is 0 Å². The number of anilines is 2. The van der Waals surface area contributed by atoms with Crippen molar-refractivity contribution >= 4 is 28.6 Å². The molecule has 0 radical (unpaired) electrons. The minimum atomic E-state index is -0.536. The molecule has 0 spiro atoms. The van der Waals surface area contributed by atoms with E-state index in [0.717, 1.165) is 10.4 Å². The van der Waals surface area contributed by atoms with Gasteiger partial charge in [0, 0.05) is 10.6 Å². The van der Waals surface area contributed by atoms with Crippen molar-refractivity contribution < 1.29 is 9.18 Å². The van der Waals surface area contributed by atoms with E-state index in [2.05, 4.69) is 5.32 Å². The van der Waals surface area contributed by atoms with Crippen molar-refractivity contribution in [2.75, 3.05) is 11.1 Å². The molecule has 94 valence electrons. The number of carbonyl (C=O) groups is 1. The van der Waals surface area contributed by atoms with Gasteiger partial charge in [-0.3, -0.25) is 4.79 Å². The predicted molar refractivity (Wildman–Crippen MR) is 72.6 cm³/mol. The van der Waals surface area contributed by atoms with Crippen molar-refractivity contribution in [1.82, 2.24) is 0 Å². The number of nitrogen functional groups attached to an aromatic ring is 1. The first kappa shape index (κ1) is 12.6. The third-order valence-corrected chi connectivity index (χ3v) is 3.80. The van der Waals surface area contributed by atoms with Crippen LogP contribution in [0.25, 0.3) is 0 Å². The molecular weight excluding hydrogens is 251 g/mol. The van der Waals surface area contributed by atoms with Gasteiger partial charge in [0.05, 0.1) is 10.6 Å². The van der Waals surface area contributed by atoms with Crippen LogP contribution < -0.4 is 11.1 Å². The zero-order valence-electron chi connectivity index (χ0n) is 10.1. The van der Waals surface area contributed by atoms with E-state index in [-0.39, 0.29) is 11.6 Å². The maximum atomic E-state index is 13.2. The Morgan fingerprint density at radius 3 is 2.61 bits per heavy atom. The van der Waals surface area contributed by atoms with Crippen LogP contribution >= 0.6 is 11.3 Å². The van der Waals surface area contributed by atoms with Gasteiger partial charge < -0.3 is 11.1 Å². The molecule has 0 saturated heterocycles. The number of thiophene rings is 1. The van der Waals surface area contributed by atoms with Crippen LogP contribution in [0.4, 0.5) is 15.8 Å². The average Bonchev–Trinajstić information content (AvgIpc) is 2.65. The highest BCUT2D eigenvalue weighted by Crippen LogP contribution is 2.22. The lowest BCUT2D eigenvalue weighted by molar-refractivity contribution is 0.103. The molecule has 2 aromatic rings. The standard InChI is InChI=1S/C13H13FN2OS/c1-7-5-12(18-8(7)2)13(17)16-9-3-4-11(15)10(14)6-9/h3-6H,15H2,1-2H3,(H,16,17). The lowest BCUT2D eigenvalue weighted by Crippen LogP contribution is -2.10. The van der Waals surface area contributed by atoms with E-state index in [9.17, 15) is 9.18 Å². The number of carbonyl (C=O) groups excluding carboxylic acids is 1. The minimum Gasteiger partial charge on any atom is -0.396 e. The lowest BCUT2D eigenvalue weighted by Gasteiger charge is -2.04. The van der Waals surface area contributed by atoms with Gasteiger partial charge in [0.1, 0.15) is 5.82 Å². The van der Waals surface area contributed by atoms with Crippen LogP contribution in [0, 0.1) is 19.7 Å². The Morgan fingerprint density at radius 2 is 2.06 bits per heavy atom. The van der Waals surface area contributed by atoms with E-state index in [1.54, 1.807) is 6.07 Å². The van der Waals surface area contributed by atoms with Gasteiger partial charge >= 0.3 is 0 Å².